The van der Waals surface area contributed by atoms with Gasteiger partial charge in [-0.05, 0) is 24.6 Å². The molecular formula is C14H22ClN3O. The van der Waals surface area contributed by atoms with Gasteiger partial charge in [0.15, 0.2) is 0 Å². The van der Waals surface area contributed by atoms with E-state index in [0.717, 1.165) is 30.8 Å². The zero-order valence-electron chi connectivity index (χ0n) is 11.8. The molecule has 5 heteroatoms. The van der Waals surface area contributed by atoms with Crippen molar-refractivity contribution in [2.75, 3.05) is 32.1 Å². The van der Waals surface area contributed by atoms with Gasteiger partial charge < -0.3 is 15.5 Å². The summed E-state index contributed by atoms with van der Waals surface area (Å²) in [7, 11) is 3.51. The molecule has 0 spiro atoms. The fraction of sp³-hybridized carbons (Fsp3) is 0.500. The summed E-state index contributed by atoms with van der Waals surface area (Å²) < 4.78 is 0. The van der Waals surface area contributed by atoms with E-state index in [1.54, 1.807) is 7.05 Å². The minimum Gasteiger partial charge on any atom is -0.364 e. The van der Waals surface area contributed by atoms with E-state index in [9.17, 15) is 4.79 Å². The largest absolute Gasteiger partial charge is 0.364 e. The van der Waals surface area contributed by atoms with Crippen molar-refractivity contribution in [3.8, 4) is 0 Å². The predicted molar refractivity (Wildman–Crippen MR) is 80.8 cm³/mol. The molecule has 19 heavy (non-hydrogen) atoms. The molecule has 2 N–H and O–H groups in total. The number of likely N-dealkylation sites (N-methyl/N-ethyl adjacent to an activating group) is 2. The SMILES string of the molecule is CCCNCc1cccc(Cl)c1N(C)CC(=O)NC. The van der Waals surface area contributed by atoms with Crippen molar-refractivity contribution >= 4 is 23.2 Å². The average molecular weight is 284 g/mol. The van der Waals surface area contributed by atoms with Crippen molar-refractivity contribution in [1.29, 1.82) is 0 Å². The molecule has 0 saturated carbocycles. The first-order chi connectivity index (χ1) is 9.10. The molecule has 1 aromatic rings. The van der Waals surface area contributed by atoms with Crippen LogP contribution in [0, 0.1) is 0 Å². The number of carbonyl (C=O) groups is 1. The van der Waals surface area contributed by atoms with Crippen LogP contribution in [0.1, 0.15) is 18.9 Å². The molecule has 0 atom stereocenters. The van der Waals surface area contributed by atoms with Gasteiger partial charge in [0.25, 0.3) is 0 Å². The molecule has 0 fully saturated rings. The zero-order chi connectivity index (χ0) is 14.3. The highest BCUT2D eigenvalue weighted by Gasteiger charge is 2.13. The fourth-order valence-corrected chi connectivity index (χ4v) is 2.24. The number of amides is 1. The number of anilines is 1. The van der Waals surface area contributed by atoms with Crippen molar-refractivity contribution in [2.24, 2.45) is 0 Å². The van der Waals surface area contributed by atoms with Crippen LogP contribution in [0.2, 0.25) is 5.02 Å². The Morgan fingerprint density at radius 2 is 2.16 bits per heavy atom. The molecule has 1 amide bonds. The van der Waals surface area contributed by atoms with E-state index in [-0.39, 0.29) is 5.91 Å². The number of halogens is 1. The number of nitrogens with one attached hydrogen (secondary N) is 2. The number of para-hydroxylation sites is 1. The van der Waals surface area contributed by atoms with E-state index in [1.807, 2.05) is 30.1 Å². The Bertz CT molecular complexity index is 423. The summed E-state index contributed by atoms with van der Waals surface area (Å²) in [6, 6.07) is 5.81. The van der Waals surface area contributed by atoms with Gasteiger partial charge in [-0.3, -0.25) is 4.79 Å². The summed E-state index contributed by atoms with van der Waals surface area (Å²) in [5, 5.41) is 6.64. The van der Waals surface area contributed by atoms with E-state index < -0.39 is 0 Å². The third-order valence-electron chi connectivity index (χ3n) is 2.85. The van der Waals surface area contributed by atoms with E-state index >= 15 is 0 Å². The second-order valence-corrected chi connectivity index (χ2v) is 4.86. The van der Waals surface area contributed by atoms with Gasteiger partial charge in [0.2, 0.25) is 5.91 Å². The monoisotopic (exact) mass is 283 g/mol. The molecule has 0 aliphatic carbocycles. The van der Waals surface area contributed by atoms with Crippen LogP contribution in [-0.4, -0.2) is 33.1 Å². The van der Waals surface area contributed by atoms with Crippen molar-refractivity contribution in [3.05, 3.63) is 28.8 Å². The van der Waals surface area contributed by atoms with Gasteiger partial charge in [-0.15, -0.1) is 0 Å². The van der Waals surface area contributed by atoms with Gasteiger partial charge >= 0.3 is 0 Å². The van der Waals surface area contributed by atoms with Gasteiger partial charge in [-0.2, -0.15) is 0 Å². The van der Waals surface area contributed by atoms with Crippen LogP contribution in [0.3, 0.4) is 0 Å². The van der Waals surface area contributed by atoms with Crippen molar-refractivity contribution < 1.29 is 4.79 Å². The maximum atomic E-state index is 11.5. The second kappa shape index (κ2) is 8.02. The Hall–Kier alpha value is -1.26. The Morgan fingerprint density at radius 3 is 2.79 bits per heavy atom. The van der Waals surface area contributed by atoms with Crippen LogP contribution >= 0.6 is 11.6 Å². The number of nitrogens with zero attached hydrogens (tertiary/aromatic N) is 1. The van der Waals surface area contributed by atoms with Crippen molar-refractivity contribution in [2.45, 2.75) is 19.9 Å². The number of carbonyl (C=O) groups excluding carboxylic acids is 1. The highest BCUT2D eigenvalue weighted by Crippen LogP contribution is 2.29. The zero-order valence-corrected chi connectivity index (χ0v) is 12.5. The molecule has 0 aromatic heterocycles. The molecule has 1 aromatic carbocycles. The Kier molecular flexibility index (Phi) is 6.67. The minimum absolute atomic E-state index is 0.0325. The van der Waals surface area contributed by atoms with Crippen molar-refractivity contribution in [3.63, 3.8) is 0 Å². The normalized spacial score (nSPS) is 10.3. The lowest BCUT2D eigenvalue weighted by atomic mass is 10.1. The summed E-state index contributed by atoms with van der Waals surface area (Å²) in [5.41, 5.74) is 2.02. The summed E-state index contributed by atoms with van der Waals surface area (Å²) in [4.78, 5) is 13.3. The van der Waals surface area contributed by atoms with Crippen LogP contribution in [0.5, 0.6) is 0 Å². The van der Waals surface area contributed by atoms with Crippen LogP contribution in [0.15, 0.2) is 18.2 Å². The van der Waals surface area contributed by atoms with E-state index in [4.69, 9.17) is 11.6 Å². The van der Waals surface area contributed by atoms with Gasteiger partial charge in [0.1, 0.15) is 0 Å². The molecule has 0 saturated heterocycles. The molecule has 0 heterocycles. The van der Waals surface area contributed by atoms with E-state index in [0.29, 0.717) is 11.6 Å². The molecule has 0 bridgehead atoms. The lowest BCUT2D eigenvalue weighted by molar-refractivity contribution is -0.119. The Morgan fingerprint density at radius 1 is 1.42 bits per heavy atom. The summed E-state index contributed by atoms with van der Waals surface area (Å²) in [6.45, 7) is 4.14. The fourth-order valence-electron chi connectivity index (χ4n) is 1.90. The molecule has 1 rings (SSSR count). The van der Waals surface area contributed by atoms with Gasteiger partial charge in [0.05, 0.1) is 17.3 Å². The van der Waals surface area contributed by atoms with Gasteiger partial charge in [-0.25, -0.2) is 0 Å². The molecular weight excluding hydrogens is 262 g/mol. The first-order valence-electron chi connectivity index (χ1n) is 6.50. The molecule has 0 aliphatic heterocycles. The number of rotatable bonds is 7. The second-order valence-electron chi connectivity index (χ2n) is 4.45. The maximum absolute atomic E-state index is 11.5. The topological polar surface area (TPSA) is 44.4 Å². The number of hydrogen-bond acceptors (Lipinski definition) is 3. The van der Waals surface area contributed by atoms with E-state index in [1.165, 1.54) is 0 Å². The first kappa shape index (κ1) is 15.8. The lowest BCUT2D eigenvalue weighted by Crippen LogP contribution is -2.34. The molecule has 4 nitrogen and oxygen atoms in total. The van der Waals surface area contributed by atoms with E-state index in [2.05, 4.69) is 17.6 Å². The number of benzene rings is 1. The van der Waals surface area contributed by atoms with Crippen molar-refractivity contribution in [1.82, 2.24) is 10.6 Å². The minimum atomic E-state index is -0.0325. The lowest BCUT2D eigenvalue weighted by Gasteiger charge is -2.23. The highest BCUT2D eigenvalue weighted by atomic mass is 35.5. The third-order valence-corrected chi connectivity index (χ3v) is 3.16. The van der Waals surface area contributed by atoms with Gasteiger partial charge in [-0.1, -0.05) is 30.7 Å². The van der Waals surface area contributed by atoms with Crippen LogP contribution in [0.4, 0.5) is 5.69 Å². The Balaban J connectivity index is 2.87. The predicted octanol–water partition coefficient (Wildman–Crippen LogP) is 2.02. The highest BCUT2D eigenvalue weighted by molar-refractivity contribution is 6.33. The maximum Gasteiger partial charge on any atom is 0.239 e. The summed E-state index contributed by atoms with van der Waals surface area (Å²) in [6.07, 6.45) is 1.09. The Labute approximate surface area is 120 Å². The van der Waals surface area contributed by atoms with Gasteiger partial charge in [0, 0.05) is 20.6 Å². The molecule has 106 valence electrons. The quantitative estimate of drug-likeness (QED) is 0.753. The summed E-state index contributed by atoms with van der Waals surface area (Å²) >= 11 is 6.26. The molecule has 0 unspecified atom stereocenters. The van der Waals surface area contributed by atoms with Crippen LogP contribution in [0.25, 0.3) is 0 Å². The standard InChI is InChI=1S/C14H22ClN3O/c1-4-8-17-9-11-6-5-7-12(15)14(11)18(3)10-13(19)16-2/h5-7,17H,4,8-10H2,1-3H3,(H,16,19). The van der Waals surface area contributed by atoms with Crippen LogP contribution in [-0.2, 0) is 11.3 Å². The third kappa shape index (κ3) is 4.73. The van der Waals surface area contributed by atoms with Crippen LogP contribution < -0.4 is 15.5 Å². The average Bonchev–Trinajstić information content (AvgIpc) is 2.38. The smallest absolute Gasteiger partial charge is 0.239 e. The molecule has 0 aliphatic rings. The summed E-state index contributed by atoms with van der Waals surface area (Å²) in [5.74, 6) is -0.0325. The molecule has 0 radical (unpaired) electrons. The number of hydrogen-bond donors (Lipinski definition) is 2. The first-order valence-corrected chi connectivity index (χ1v) is 6.87.